The summed E-state index contributed by atoms with van der Waals surface area (Å²) in [6, 6.07) is 0. The van der Waals surface area contributed by atoms with Crippen LogP contribution in [0.4, 0.5) is 0 Å². The van der Waals surface area contributed by atoms with Crippen molar-refractivity contribution in [3.63, 3.8) is 0 Å². The second-order valence-electron chi connectivity index (χ2n) is 5.13. The predicted molar refractivity (Wildman–Crippen MR) is 80.1 cm³/mol. The Morgan fingerprint density at radius 2 is 1.95 bits per heavy atom. The molecule has 0 spiro atoms. The summed E-state index contributed by atoms with van der Waals surface area (Å²) < 4.78 is 9.80. The molecule has 0 saturated carbocycles. The molecule has 2 atom stereocenters. The molecule has 1 N–H and O–H groups in total. The topological polar surface area (TPSA) is 89.9 Å². The molecule has 0 rings (SSSR count). The lowest BCUT2D eigenvalue weighted by molar-refractivity contribution is -0.160. The number of thioether (sulfide) groups is 1. The van der Waals surface area contributed by atoms with E-state index < -0.39 is 29.2 Å². The largest absolute Gasteiger partial charge is 0.481 e. The quantitative estimate of drug-likeness (QED) is 0.486. The van der Waals surface area contributed by atoms with Crippen LogP contribution in [-0.2, 0) is 23.9 Å². The van der Waals surface area contributed by atoms with Gasteiger partial charge in [0.25, 0.3) is 0 Å². The number of hydrogen-bond donors (Lipinski definition) is 1. The minimum atomic E-state index is -0.845. The number of hydrogen-bond acceptors (Lipinski definition) is 6. The average molecular weight is 320 g/mol. The Morgan fingerprint density at radius 1 is 1.33 bits per heavy atom. The van der Waals surface area contributed by atoms with E-state index in [2.05, 4.69) is 0 Å². The van der Waals surface area contributed by atoms with Gasteiger partial charge >= 0.3 is 17.9 Å². The van der Waals surface area contributed by atoms with Crippen LogP contribution in [0.5, 0.6) is 0 Å². The number of methoxy groups -OCH3 is 1. The second kappa shape index (κ2) is 9.65. The van der Waals surface area contributed by atoms with Gasteiger partial charge in [-0.15, -0.1) is 0 Å². The molecule has 0 aromatic heterocycles. The van der Waals surface area contributed by atoms with Gasteiger partial charge in [-0.25, -0.2) is 0 Å². The van der Waals surface area contributed by atoms with Crippen molar-refractivity contribution in [1.29, 1.82) is 0 Å². The van der Waals surface area contributed by atoms with E-state index in [0.717, 1.165) is 0 Å². The van der Waals surface area contributed by atoms with Crippen LogP contribution in [0.3, 0.4) is 0 Å². The first-order valence-electron chi connectivity index (χ1n) is 6.81. The van der Waals surface area contributed by atoms with Gasteiger partial charge in [-0.05, 0) is 13.3 Å². The number of ether oxygens (including phenoxy) is 2. The molecule has 0 aromatic rings. The van der Waals surface area contributed by atoms with Crippen molar-refractivity contribution in [2.24, 2.45) is 11.3 Å². The van der Waals surface area contributed by atoms with Crippen molar-refractivity contribution >= 4 is 29.7 Å². The first-order valence-corrected chi connectivity index (χ1v) is 7.97. The Kier molecular flexibility index (Phi) is 9.08. The lowest BCUT2D eigenvalue weighted by atomic mass is 9.89. The zero-order valence-electron chi connectivity index (χ0n) is 13.0. The molecule has 0 amide bonds. The van der Waals surface area contributed by atoms with Gasteiger partial charge < -0.3 is 14.6 Å². The molecular formula is C14H24O6S. The van der Waals surface area contributed by atoms with E-state index in [0.29, 0.717) is 17.9 Å². The fraction of sp³-hybridized carbons (Fsp3) is 0.786. The average Bonchev–Trinajstić information content (AvgIpc) is 2.47. The van der Waals surface area contributed by atoms with Crippen molar-refractivity contribution in [3.05, 3.63) is 0 Å². The molecule has 0 aromatic carbocycles. The molecule has 0 radical (unpaired) electrons. The number of aliphatic carboxylic acids is 1. The van der Waals surface area contributed by atoms with Crippen LogP contribution in [0.2, 0.25) is 0 Å². The maximum Gasteiger partial charge on any atom is 0.314 e. The highest BCUT2D eigenvalue weighted by molar-refractivity contribution is 7.99. The molecule has 6 nitrogen and oxygen atoms in total. The molecule has 0 saturated heterocycles. The highest BCUT2D eigenvalue weighted by Gasteiger charge is 2.34. The molecular weight excluding hydrogens is 296 g/mol. The van der Waals surface area contributed by atoms with Gasteiger partial charge in [-0.1, -0.05) is 13.8 Å². The van der Waals surface area contributed by atoms with E-state index in [4.69, 9.17) is 14.6 Å². The maximum absolute atomic E-state index is 11.6. The van der Waals surface area contributed by atoms with Gasteiger partial charge in [0, 0.05) is 11.5 Å². The number of carboxylic acid groups (broad SMARTS) is 1. The van der Waals surface area contributed by atoms with Crippen molar-refractivity contribution in [1.82, 2.24) is 0 Å². The normalized spacial score (nSPS) is 14.9. The standard InChI is InChI=1S/C14H24O6S/c1-5-14(3,13(18)19-4)9-20-11(15)6-7-21-8-10(2)12(16)17/h10H,5-9H2,1-4H3,(H,16,17). The Morgan fingerprint density at radius 3 is 2.43 bits per heavy atom. The maximum atomic E-state index is 11.6. The van der Waals surface area contributed by atoms with Crippen LogP contribution in [0.15, 0.2) is 0 Å². The van der Waals surface area contributed by atoms with Gasteiger partial charge in [0.05, 0.1) is 24.9 Å². The van der Waals surface area contributed by atoms with E-state index in [-0.39, 0.29) is 13.0 Å². The summed E-state index contributed by atoms with van der Waals surface area (Å²) in [7, 11) is 1.30. The van der Waals surface area contributed by atoms with Gasteiger partial charge in [-0.2, -0.15) is 11.8 Å². The minimum absolute atomic E-state index is 0.00873. The van der Waals surface area contributed by atoms with Crippen molar-refractivity contribution < 1.29 is 29.0 Å². The summed E-state index contributed by atoms with van der Waals surface area (Å²) in [5.74, 6) is -1.12. The number of carbonyl (C=O) groups is 3. The zero-order chi connectivity index (χ0) is 16.5. The first kappa shape index (κ1) is 19.8. The number of esters is 2. The monoisotopic (exact) mass is 320 g/mol. The van der Waals surface area contributed by atoms with E-state index in [1.165, 1.54) is 18.9 Å². The number of rotatable bonds is 10. The molecule has 7 heteroatoms. The lowest BCUT2D eigenvalue weighted by Gasteiger charge is -2.24. The Balaban J connectivity index is 4.00. The molecule has 0 fully saturated rings. The van der Waals surface area contributed by atoms with Gasteiger partial charge in [0.2, 0.25) is 0 Å². The molecule has 0 aliphatic carbocycles. The van der Waals surface area contributed by atoms with Crippen molar-refractivity contribution in [3.8, 4) is 0 Å². The van der Waals surface area contributed by atoms with Gasteiger partial charge in [0.1, 0.15) is 6.61 Å². The molecule has 0 aliphatic rings. The minimum Gasteiger partial charge on any atom is -0.481 e. The Bertz CT molecular complexity index is 370. The number of carbonyl (C=O) groups excluding carboxylic acids is 2. The lowest BCUT2D eigenvalue weighted by Crippen LogP contribution is -2.34. The number of carboxylic acids is 1. The molecule has 122 valence electrons. The fourth-order valence-electron chi connectivity index (χ4n) is 1.35. The Labute approximate surface area is 129 Å². The van der Waals surface area contributed by atoms with E-state index in [1.807, 2.05) is 6.92 Å². The summed E-state index contributed by atoms with van der Waals surface area (Å²) in [4.78, 5) is 33.8. The van der Waals surface area contributed by atoms with Crippen LogP contribution in [-0.4, -0.2) is 48.2 Å². The van der Waals surface area contributed by atoms with Crippen LogP contribution in [0.1, 0.15) is 33.6 Å². The highest BCUT2D eigenvalue weighted by Crippen LogP contribution is 2.23. The molecule has 0 bridgehead atoms. The highest BCUT2D eigenvalue weighted by atomic mass is 32.2. The Hall–Kier alpha value is -1.24. The predicted octanol–water partition coefficient (Wildman–Crippen LogP) is 1.96. The third kappa shape index (κ3) is 7.36. The fourth-order valence-corrected chi connectivity index (χ4v) is 2.32. The summed E-state index contributed by atoms with van der Waals surface area (Å²) in [5.41, 5.74) is -0.824. The molecule has 21 heavy (non-hydrogen) atoms. The first-order chi connectivity index (χ1) is 9.76. The summed E-state index contributed by atoms with van der Waals surface area (Å²) >= 11 is 1.39. The van der Waals surface area contributed by atoms with Crippen LogP contribution in [0.25, 0.3) is 0 Å². The summed E-state index contributed by atoms with van der Waals surface area (Å²) in [5, 5.41) is 8.72. The van der Waals surface area contributed by atoms with Crippen LogP contribution < -0.4 is 0 Å². The third-order valence-electron chi connectivity index (χ3n) is 3.25. The van der Waals surface area contributed by atoms with E-state index in [1.54, 1.807) is 13.8 Å². The van der Waals surface area contributed by atoms with Gasteiger partial charge in [-0.3, -0.25) is 14.4 Å². The summed E-state index contributed by atoms with van der Waals surface area (Å²) in [6.07, 6.45) is 0.704. The van der Waals surface area contributed by atoms with E-state index >= 15 is 0 Å². The van der Waals surface area contributed by atoms with Gasteiger partial charge in [0.15, 0.2) is 0 Å². The van der Waals surface area contributed by atoms with Crippen LogP contribution >= 0.6 is 11.8 Å². The molecule has 2 unspecified atom stereocenters. The van der Waals surface area contributed by atoms with E-state index in [9.17, 15) is 14.4 Å². The SMILES string of the molecule is CCC(C)(COC(=O)CCSCC(C)C(=O)O)C(=O)OC. The van der Waals surface area contributed by atoms with Crippen molar-refractivity contribution in [2.45, 2.75) is 33.6 Å². The second-order valence-corrected chi connectivity index (χ2v) is 6.28. The summed E-state index contributed by atoms with van der Waals surface area (Å²) in [6.45, 7) is 5.13. The molecule has 0 aliphatic heterocycles. The van der Waals surface area contributed by atoms with Crippen LogP contribution in [0, 0.1) is 11.3 Å². The van der Waals surface area contributed by atoms with Crippen molar-refractivity contribution in [2.75, 3.05) is 25.2 Å². The zero-order valence-corrected chi connectivity index (χ0v) is 13.8. The third-order valence-corrected chi connectivity index (χ3v) is 4.48. The molecule has 0 heterocycles. The smallest absolute Gasteiger partial charge is 0.314 e.